The number of benzene rings is 5. The van der Waals surface area contributed by atoms with Crippen molar-refractivity contribution in [2.24, 2.45) is 0 Å². The van der Waals surface area contributed by atoms with Crippen LogP contribution in [0.3, 0.4) is 0 Å². The van der Waals surface area contributed by atoms with Crippen LogP contribution < -0.4 is 9.47 Å². The molecule has 0 atom stereocenters. The number of rotatable bonds is 12. The third kappa shape index (κ3) is 6.28. The molecule has 0 radical (unpaired) electrons. The Morgan fingerprint density at radius 3 is 1.51 bits per heavy atom. The first-order chi connectivity index (χ1) is 19.1. The van der Waals surface area contributed by atoms with E-state index < -0.39 is 0 Å². The van der Waals surface area contributed by atoms with Crippen molar-refractivity contribution in [3.05, 3.63) is 120 Å². The first-order valence-corrected chi connectivity index (χ1v) is 14.4. The lowest BCUT2D eigenvalue weighted by Crippen LogP contribution is -2.15. The van der Waals surface area contributed by atoms with Crippen molar-refractivity contribution >= 4 is 21.5 Å². The van der Waals surface area contributed by atoms with Gasteiger partial charge in [0.05, 0.1) is 13.2 Å². The Labute approximate surface area is 233 Å². The standard InChI is InChI=1S/C37H40O2/c1-4-37(2,3)30-23-24-33-34(27-30)36(39-26-14-20-29-17-9-6-10-18-29)32-22-12-11-21-31(32)35(33)38-25-13-19-28-15-7-5-8-16-28/h5-12,15-18,21-24,27H,4,13-14,19-20,25-26H2,1-3H3. The molecule has 39 heavy (non-hydrogen) atoms. The van der Waals surface area contributed by atoms with E-state index >= 15 is 0 Å². The summed E-state index contributed by atoms with van der Waals surface area (Å²) < 4.78 is 13.2. The lowest BCUT2D eigenvalue weighted by Gasteiger charge is -2.25. The van der Waals surface area contributed by atoms with Gasteiger partial charge in [0.2, 0.25) is 0 Å². The molecular formula is C37H40O2. The molecular weight excluding hydrogens is 476 g/mol. The van der Waals surface area contributed by atoms with Gasteiger partial charge in [-0.3, -0.25) is 0 Å². The van der Waals surface area contributed by atoms with Gasteiger partial charge in [-0.1, -0.05) is 118 Å². The highest BCUT2D eigenvalue weighted by molar-refractivity contribution is 6.11. The van der Waals surface area contributed by atoms with E-state index in [0.29, 0.717) is 13.2 Å². The quantitative estimate of drug-likeness (QED) is 0.121. The van der Waals surface area contributed by atoms with Crippen molar-refractivity contribution in [3.63, 3.8) is 0 Å². The molecule has 2 heteroatoms. The fraction of sp³-hybridized carbons (Fsp3) is 0.297. The van der Waals surface area contributed by atoms with Crippen molar-refractivity contribution in [2.75, 3.05) is 13.2 Å². The summed E-state index contributed by atoms with van der Waals surface area (Å²) in [4.78, 5) is 0. The van der Waals surface area contributed by atoms with Crippen LogP contribution in [-0.4, -0.2) is 13.2 Å². The maximum absolute atomic E-state index is 6.64. The average Bonchev–Trinajstić information content (AvgIpc) is 2.98. The van der Waals surface area contributed by atoms with Crippen LogP contribution in [0.15, 0.2) is 103 Å². The summed E-state index contributed by atoms with van der Waals surface area (Å²) in [5.74, 6) is 1.94. The molecule has 0 saturated heterocycles. The van der Waals surface area contributed by atoms with Crippen LogP contribution in [0, 0.1) is 0 Å². The minimum Gasteiger partial charge on any atom is -0.492 e. The molecule has 0 aliphatic heterocycles. The highest BCUT2D eigenvalue weighted by Gasteiger charge is 2.22. The third-order valence-electron chi connectivity index (χ3n) is 7.99. The topological polar surface area (TPSA) is 18.5 Å². The Bertz CT molecular complexity index is 1500. The van der Waals surface area contributed by atoms with E-state index in [9.17, 15) is 0 Å². The molecule has 0 N–H and O–H groups in total. The zero-order chi connectivity index (χ0) is 27.1. The Morgan fingerprint density at radius 1 is 0.538 bits per heavy atom. The van der Waals surface area contributed by atoms with Gasteiger partial charge in [0.1, 0.15) is 11.5 Å². The van der Waals surface area contributed by atoms with Crippen LogP contribution in [0.5, 0.6) is 11.5 Å². The van der Waals surface area contributed by atoms with Gasteiger partial charge in [-0.05, 0) is 60.3 Å². The molecule has 0 heterocycles. The van der Waals surface area contributed by atoms with Crippen LogP contribution in [0.1, 0.15) is 56.7 Å². The van der Waals surface area contributed by atoms with Crippen LogP contribution >= 0.6 is 0 Å². The molecule has 0 aliphatic rings. The average molecular weight is 517 g/mol. The van der Waals surface area contributed by atoms with Gasteiger partial charge in [-0.2, -0.15) is 0 Å². The Balaban J connectivity index is 1.48. The number of ether oxygens (including phenoxy) is 2. The molecule has 200 valence electrons. The second-order valence-corrected chi connectivity index (χ2v) is 11.1. The number of aryl methyl sites for hydroxylation is 2. The summed E-state index contributed by atoms with van der Waals surface area (Å²) in [7, 11) is 0. The first-order valence-electron chi connectivity index (χ1n) is 14.4. The van der Waals surface area contributed by atoms with Crippen LogP contribution in [0.2, 0.25) is 0 Å². The fourth-order valence-corrected chi connectivity index (χ4v) is 5.23. The molecule has 0 bridgehead atoms. The lowest BCUT2D eigenvalue weighted by molar-refractivity contribution is 0.313. The molecule has 2 nitrogen and oxygen atoms in total. The van der Waals surface area contributed by atoms with Crippen molar-refractivity contribution in [1.29, 1.82) is 0 Å². The predicted octanol–water partition coefficient (Wildman–Crippen LogP) is 9.70. The van der Waals surface area contributed by atoms with Gasteiger partial charge in [0.15, 0.2) is 0 Å². The van der Waals surface area contributed by atoms with Gasteiger partial charge in [-0.15, -0.1) is 0 Å². The van der Waals surface area contributed by atoms with Gasteiger partial charge in [0.25, 0.3) is 0 Å². The molecule has 0 fully saturated rings. The first kappa shape index (κ1) is 26.8. The fourth-order valence-electron chi connectivity index (χ4n) is 5.23. The Kier molecular flexibility index (Phi) is 8.51. The van der Waals surface area contributed by atoms with Gasteiger partial charge >= 0.3 is 0 Å². The summed E-state index contributed by atoms with van der Waals surface area (Å²) in [6, 6.07) is 36.7. The molecule has 0 aromatic heterocycles. The second-order valence-electron chi connectivity index (χ2n) is 11.1. The zero-order valence-electron chi connectivity index (χ0n) is 23.6. The van der Waals surface area contributed by atoms with E-state index in [0.717, 1.165) is 65.1 Å². The number of hydrogen-bond donors (Lipinski definition) is 0. The number of hydrogen-bond acceptors (Lipinski definition) is 2. The van der Waals surface area contributed by atoms with Crippen molar-refractivity contribution in [3.8, 4) is 11.5 Å². The van der Waals surface area contributed by atoms with E-state index in [4.69, 9.17) is 9.47 Å². The summed E-state index contributed by atoms with van der Waals surface area (Å²) in [6.07, 6.45) is 5.03. The third-order valence-corrected chi connectivity index (χ3v) is 7.99. The normalized spacial score (nSPS) is 11.7. The summed E-state index contributed by atoms with van der Waals surface area (Å²) in [5, 5.41) is 4.51. The van der Waals surface area contributed by atoms with Crippen LogP contribution in [0.25, 0.3) is 21.5 Å². The molecule has 5 rings (SSSR count). The highest BCUT2D eigenvalue weighted by atomic mass is 16.5. The van der Waals surface area contributed by atoms with Crippen molar-refractivity contribution in [1.82, 2.24) is 0 Å². The lowest BCUT2D eigenvalue weighted by atomic mass is 9.81. The van der Waals surface area contributed by atoms with Gasteiger partial charge in [-0.25, -0.2) is 0 Å². The molecule has 0 aliphatic carbocycles. The minimum atomic E-state index is 0.0844. The Morgan fingerprint density at radius 2 is 1.00 bits per heavy atom. The predicted molar refractivity (Wildman–Crippen MR) is 165 cm³/mol. The minimum absolute atomic E-state index is 0.0844. The maximum Gasteiger partial charge on any atom is 0.135 e. The molecule has 0 spiro atoms. The van der Waals surface area contributed by atoms with Gasteiger partial charge < -0.3 is 9.47 Å². The largest absolute Gasteiger partial charge is 0.492 e. The molecule has 0 amide bonds. The molecule has 5 aromatic carbocycles. The van der Waals surface area contributed by atoms with E-state index in [1.54, 1.807) is 0 Å². The van der Waals surface area contributed by atoms with Crippen molar-refractivity contribution in [2.45, 2.75) is 58.3 Å². The van der Waals surface area contributed by atoms with E-state index in [1.165, 1.54) is 16.7 Å². The van der Waals surface area contributed by atoms with Crippen molar-refractivity contribution < 1.29 is 9.47 Å². The molecule has 0 saturated carbocycles. The SMILES string of the molecule is CCC(C)(C)c1ccc2c(OCCCc3ccccc3)c3ccccc3c(OCCCc3ccccc3)c2c1. The molecule has 5 aromatic rings. The summed E-state index contributed by atoms with van der Waals surface area (Å²) >= 11 is 0. The monoisotopic (exact) mass is 516 g/mol. The van der Waals surface area contributed by atoms with Crippen LogP contribution in [0.4, 0.5) is 0 Å². The highest BCUT2D eigenvalue weighted by Crippen LogP contribution is 2.44. The number of fused-ring (bicyclic) bond motifs is 2. The second kappa shape index (κ2) is 12.4. The van der Waals surface area contributed by atoms with E-state index in [-0.39, 0.29) is 5.41 Å². The maximum atomic E-state index is 6.64. The van der Waals surface area contributed by atoms with E-state index in [2.05, 4.69) is 124 Å². The Hall–Kier alpha value is -3.78. The summed E-state index contributed by atoms with van der Waals surface area (Å²) in [6.45, 7) is 8.24. The van der Waals surface area contributed by atoms with Crippen LogP contribution in [-0.2, 0) is 18.3 Å². The smallest absolute Gasteiger partial charge is 0.135 e. The zero-order valence-corrected chi connectivity index (χ0v) is 23.6. The summed E-state index contributed by atoms with van der Waals surface area (Å²) in [5.41, 5.74) is 4.11. The van der Waals surface area contributed by atoms with Gasteiger partial charge in [0, 0.05) is 21.5 Å². The molecule has 0 unspecified atom stereocenters. The van der Waals surface area contributed by atoms with E-state index in [1.807, 2.05) is 0 Å².